The molecule has 3 rings (SSSR count). The van der Waals surface area contributed by atoms with Gasteiger partial charge in [-0.1, -0.05) is 0 Å². The van der Waals surface area contributed by atoms with E-state index in [1.54, 1.807) is 12.1 Å². The summed E-state index contributed by atoms with van der Waals surface area (Å²) in [5, 5.41) is 0. The molecule has 1 aromatic rings. The summed E-state index contributed by atoms with van der Waals surface area (Å²) in [6.45, 7) is 9.30. The number of amides is 1. The van der Waals surface area contributed by atoms with Crippen molar-refractivity contribution < 1.29 is 18.7 Å². The molecule has 2 saturated heterocycles. The molecule has 0 bridgehead atoms. The molecular formula is C19H28N2O4. The molecule has 0 saturated carbocycles. The van der Waals surface area contributed by atoms with E-state index in [2.05, 4.69) is 18.7 Å². The lowest BCUT2D eigenvalue weighted by molar-refractivity contribution is -0.157. The second kappa shape index (κ2) is 7.20. The zero-order chi connectivity index (χ0) is 18.0. The Morgan fingerprint density at radius 2 is 2.20 bits per heavy atom. The fraction of sp³-hybridized carbons (Fsp3) is 0.684. The van der Waals surface area contributed by atoms with Gasteiger partial charge in [0.25, 0.3) is 5.91 Å². The van der Waals surface area contributed by atoms with Crippen LogP contribution in [0.2, 0.25) is 0 Å². The second-order valence-electron chi connectivity index (χ2n) is 7.43. The molecule has 3 heterocycles. The number of carbonyl (C=O) groups excluding carboxylic acids is 2. The maximum Gasteiger partial charge on any atom is 0.313 e. The van der Waals surface area contributed by atoms with Gasteiger partial charge in [-0.3, -0.25) is 14.5 Å². The van der Waals surface area contributed by atoms with Crippen LogP contribution in [0.25, 0.3) is 0 Å². The van der Waals surface area contributed by atoms with Crippen LogP contribution in [0, 0.1) is 11.3 Å². The minimum atomic E-state index is -0.502. The van der Waals surface area contributed by atoms with Crippen molar-refractivity contribution in [2.75, 3.05) is 32.8 Å². The summed E-state index contributed by atoms with van der Waals surface area (Å²) in [5.74, 6) is 0.265. The van der Waals surface area contributed by atoms with E-state index >= 15 is 0 Å². The van der Waals surface area contributed by atoms with Gasteiger partial charge >= 0.3 is 5.97 Å². The first-order valence-corrected chi connectivity index (χ1v) is 9.22. The van der Waals surface area contributed by atoms with Gasteiger partial charge in [-0.15, -0.1) is 0 Å². The van der Waals surface area contributed by atoms with Gasteiger partial charge < -0.3 is 14.1 Å². The van der Waals surface area contributed by atoms with Crippen molar-refractivity contribution in [1.82, 2.24) is 9.80 Å². The van der Waals surface area contributed by atoms with Gasteiger partial charge in [0.1, 0.15) is 0 Å². The molecule has 0 spiro atoms. The summed E-state index contributed by atoms with van der Waals surface area (Å²) in [4.78, 5) is 29.8. The number of ether oxygens (including phenoxy) is 1. The van der Waals surface area contributed by atoms with E-state index in [4.69, 9.17) is 9.15 Å². The number of hydrogen-bond acceptors (Lipinski definition) is 5. The molecule has 0 N–H and O–H groups in total. The summed E-state index contributed by atoms with van der Waals surface area (Å²) >= 11 is 0. The first kappa shape index (κ1) is 18.0. The number of carbonyl (C=O) groups is 2. The Labute approximate surface area is 149 Å². The fourth-order valence-electron chi connectivity index (χ4n) is 4.21. The topological polar surface area (TPSA) is 63.0 Å². The number of likely N-dealkylation sites (tertiary alicyclic amines) is 2. The number of nitrogens with zero attached hydrogens (tertiary/aromatic N) is 2. The minimum Gasteiger partial charge on any atom is -0.466 e. The third-order valence-electron chi connectivity index (χ3n) is 5.64. The molecule has 2 fully saturated rings. The standard InChI is InChI=1S/C19H28N2O4/c1-4-24-18(23)19-8-6-9-20(17(22)16-7-5-10-25-16)11-15(19)12-21(13-19)14(2)3/h5,7,10,14-15H,4,6,8-9,11-13H2,1-3H3/t15-,19-/m0/s1. The lowest BCUT2D eigenvalue weighted by Crippen LogP contribution is -2.43. The molecular weight excluding hydrogens is 320 g/mol. The molecule has 2 aliphatic heterocycles. The molecule has 2 aliphatic rings. The van der Waals surface area contributed by atoms with Crippen molar-refractivity contribution in [2.24, 2.45) is 11.3 Å². The van der Waals surface area contributed by atoms with Crippen LogP contribution in [-0.4, -0.2) is 60.5 Å². The molecule has 0 aliphatic carbocycles. The van der Waals surface area contributed by atoms with Gasteiger partial charge in [-0.25, -0.2) is 0 Å². The third kappa shape index (κ3) is 3.32. The molecule has 0 aromatic carbocycles. The van der Waals surface area contributed by atoms with E-state index in [1.165, 1.54) is 6.26 Å². The maximum absolute atomic E-state index is 12.9. The number of rotatable bonds is 4. The van der Waals surface area contributed by atoms with E-state index in [9.17, 15) is 9.59 Å². The Morgan fingerprint density at radius 3 is 2.84 bits per heavy atom. The molecule has 6 heteroatoms. The molecule has 6 nitrogen and oxygen atoms in total. The monoisotopic (exact) mass is 348 g/mol. The summed E-state index contributed by atoms with van der Waals surface area (Å²) in [6, 6.07) is 3.79. The molecule has 1 aromatic heterocycles. The van der Waals surface area contributed by atoms with Gasteiger partial charge in [-0.2, -0.15) is 0 Å². The molecule has 0 unspecified atom stereocenters. The lowest BCUT2D eigenvalue weighted by Gasteiger charge is -2.31. The van der Waals surface area contributed by atoms with Crippen molar-refractivity contribution >= 4 is 11.9 Å². The Morgan fingerprint density at radius 1 is 1.40 bits per heavy atom. The predicted molar refractivity (Wildman–Crippen MR) is 93.1 cm³/mol. The van der Waals surface area contributed by atoms with E-state index in [1.807, 2.05) is 11.8 Å². The lowest BCUT2D eigenvalue weighted by atomic mass is 9.75. The Bertz CT molecular complexity index is 613. The average molecular weight is 348 g/mol. The highest BCUT2D eigenvalue weighted by Crippen LogP contribution is 2.44. The fourth-order valence-corrected chi connectivity index (χ4v) is 4.21. The number of furan rings is 1. The van der Waals surface area contributed by atoms with Gasteiger partial charge in [-0.05, 0) is 45.7 Å². The van der Waals surface area contributed by atoms with E-state index in [-0.39, 0.29) is 17.8 Å². The molecule has 2 atom stereocenters. The second-order valence-corrected chi connectivity index (χ2v) is 7.43. The first-order valence-electron chi connectivity index (χ1n) is 9.22. The maximum atomic E-state index is 12.9. The van der Waals surface area contributed by atoms with Crippen LogP contribution in [0.5, 0.6) is 0 Å². The van der Waals surface area contributed by atoms with Crippen LogP contribution in [0.15, 0.2) is 22.8 Å². The van der Waals surface area contributed by atoms with Crippen molar-refractivity contribution in [3.05, 3.63) is 24.2 Å². The minimum absolute atomic E-state index is 0.0901. The highest BCUT2D eigenvalue weighted by molar-refractivity contribution is 5.91. The normalized spacial score (nSPS) is 27.2. The highest BCUT2D eigenvalue weighted by Gasteiger charge is 2.54. The number of hydrogen-bond donors (Lipinski definition) is 0. The van der Waals surface area contributed by atoms with E-state index in [0.717, 1.165) is 25.9 Å². The Hall–Kier alpha value is -1.82. The predicted octanol–water partition coefficient (Wildman–Crippen LogP) is 2.41. The molecule has 1 amide bonds. The molecule has 25 heavy (non-hydrogen) atoms. The van der Waals surface area contributed by atoms with Crippen molar-refractivity contribution in [3.63, 3.8) is 0 Å². The summed E-state index contributed by atoms with van der Waals surface area (Å²) < 4.78 is 10.7. The van der Waals surface area contributed by atoms with Crippen LogP contribution in [0.3, 0.4) is 0 Å². The highest BCUT2D eigenvalue weighted by atomic mass is 16.5. The largest absolute Gasteiger partial charge is 0.466 e. The number of esters is 1. The average Bonchev–Trinajstić information content (AvgIpc) is 3.19. The van der Waals surface area contributed by atoms with Crippen LogP contribution < -0.4 is 0 Å². The van der Waals surface area contributed by atoms with Gasteiger partial charge in [0, 0.05) is 38.1 Å². The van der Waals surface area contributed by atoms with Crippen LogP contribution in [0.1, 0.15) is 44.2 Å². The van der Waals surface area contributed by atoms with Crippen molar-refractivity contribution in [3.8, 4) is 0 Å². The van der Waals surface area contributed by atoms with Gasteiger partial charge in [0.15, 0.2) is 5.76 Å². The van der Waals surface area contributed by atoms with E-state index < -0.39 is 5.41 Å². The van der Waals surface area contributed by atoms with Gasteiger partial charge in [0.2, 0.25) is 0 Å². The smallest absolute Gasteiger partial charge is 0.313 e. The molecule has 138 valence electrons. The SMILES string of the molecule is CCOC(=O)[C@]12CCCN(C(=O)c3ccco3)C[C@H]1CN(C(C)C)C2. The zero-order valence-corrected chi connectivity index (χ0v) is 15.4. The van der Waals surface area contributed by atoms with E-state index in [0.29, 0.717) is 31.5 Å². The van der Waals surface area contributed by atoms with Crippen molar-refractivity contribution in [2.45, 2.75) is 39.7 Å². The Kier molecular flexibility index (Phi) is 5.18. The summed E-state index contributed by atoms with van der Waals surface area (Å²) in [7, 11) is 0. The van der Waals surface area contributed by atoms with Crippen molar-refractivity contribution in [1.29, 1.82) is 0 Å². The third-order valence-corrected chi connectivity index (χ3v) is 5.64. The van der Waals surface area contributed by atoms with Crippen LogP contribution in [0.4, 0.5) is 0 Å². The molecule has 0 radical (unpaired) electrons. The summed E-state index contributed by atoms with van der Waals surface area (Å²) in [6.07, 6.45) is 3.08. The zero-order valence-electron chi connectivity index (χ0n) is 15.4. The summed E-state index contributed by atoms with van der Waals surface area (Å²) in [5.41, 5.74) is -0.502. The first-order chi connectivity index (χ1) is 12.0. The number of fused-ring (bicyclic) bond motifs is 1. The van der Waals surface area contributed by atoms with Crippen LogP contribution in [-0.2, 0) is 9.53 Å². The Balaban J connectivity index is 1.85. The van der Waals surface area contributed by atoms with Gasteiger partial charge in [0.05, 0.1) is 18.3 Å². The van der Waals surface area contributed by atoms with Crippen LogP contribution >= 0.6 is 0 Å². The quantitative estimate of drug-likeness (QED) is 0.782.